The molecule has 23 heavy (non-hydrogen) atoms. The van der Waals surface area contributed by atoms with Crippen molar-refractivity contribution in [1.29, 1.82) is 0 Å². The number of hydrogen-bond acceptors (Lipinski definition) is 3. The molecule has 1 N–H and O–H groups in total. The second kappa shape index (κ2) is 6.00. The molecule has 3 rings (SSSR count). The largest absolute Gasteiger partial charge is 0.444 e. The SMILES string of the molecule is O=c1cc(C(F)(F)Oc2ccccc2)nc(-c2ccccc2)[nH]1. The Hall–Kier alpha value is -3.02. The van der Waals surface area contributed by atoms with Crippen molar-refractivity contribution >= 4 is 0 Å². The first kappa shape index (κ1) is 14.9. The summed E-state index contributed by atoms with van der Waals surface area (Å²) >= 11 is 0. The third kappa shape index (κ3) is 3.42. The molecule has 0 spiro atoms. The molecule has 1 aromatic heterocycles. The maximum Gasteiger partial charge on any atom is 0.444 e. The van der Waals surface area contributed by atoms with Crippen molar-refractivity contribution < 1.29 is 13.5 Å². The molecule has 0 saturated heterocycles. The number of halogens is 2. The monoisotopic (exact) mass is 314 g/mol. The highest BCUT2D eigenvalue weighted by Crippen LogP contribution is 2.30. The fourth-order valence-corrected chi connectivity index (χ4v) is 2.03. The van der Waals surface area contributed by atoms with Crippen LogP contribution in [0.1, 0.15) is 5.69 Å². The minimum atomic E-state index is -3.72. The van der Waals surface area contributed by atoms with E-state index >= 15 is 0 Å². The summed E-state index contributed by atoms with van der Waals surface area (Å²) < 4.78 is 33.2. The molecule has 0 aliphatic carbocycles. The van der Waals surface area contributed by atoms with Crippen LogP contribution in [-0.4, -0.2) is 9.97 Å². The highest BCUT2D eigenvalue weighted by Gasteiger charge is 2.37. The van der Waals surface area contributed by atoms with Gasteiger partial charge in [0, 0.05) is 11.6 Å². The molecular formula is C17H12F2N2O2. The molecule has 0 aliphatic rings. The number of aromatic amines is 1. The predicted molar refractivity (Wildman–Crippen MR) is 81.3 cm³/mol. The summed E-state index contributed by atoms with van der Waals surface area (Å²) in [6.45, 7) is 0. The van der Waals surface area contributed by atoms with Gasteiger partial charge in [-0.2, -0.15) is 8.78 Å². The van der Waals surface area contributed by atoms with Gasteiger partial charge in [-0.15, -0.1) is 0 Å². The number of nitrogens with zero attached hydrogens (tertiary/aromatic N) is 1. The summed E-state index contributed by atoms with van der Waals surface area (Å²) in [6, 6.07) is 16.9. The van der Waals surface area contributed by atoms with Crippen LogP contribution in [0.5, 0.6) is 5.75 Å². The van der Waals surface area contributed by atoms with Crippen molar-refractivity contribution in [3.05, 3.63) is 82.8 Å². The minimum Gasteiger partial charge on any atom is -0.428 e. The molecular weight excluding hydrogens is 302 g/mol. The van der Waals surface area contributed by atoms with E-state index in [4.69, 9.17) is 0 Å². The lowest BCUT2D eigenvalue weighted by molar-refractivity contribution is -0.188. The van der Waals surface area contributed by atoms with E-state index in [1.165, 1.54) is 12.1 Å². The second-order valence-corrected chi connectivity index (χ2v) is 4.78. The van der Waals surface area contributed by atoms with E-state index in [-0.39, 0.29) is 11.6 Å². The van der Waals surface area contributed by atoms with E-state index in [0.29, 0.717) is 5.56 Å². The van der Waals surface area contributed by atoms with Gasteiger partial charge in [0.1, 0.15) is 11.6 Å². The Morgan fingerprint density at radius 3 is 2.22 bits per heavy atom. The first-order chi connectivity index (χ1) is 11.0. The molecule has 2 aromatic carbocycles. The summed E-state index contributed by atoms with van der Waals surface area (Å²) in [5.41, 5.74) is -0.892. The molecule has 0 fully saturated rings. The first-order valence-corrected chi connectivity index (χ1v) is 6.84. The summed E-state index contributed by atoms with van der Waals surface area (Å²) in [7, 11) is 0. The number of para-hydroxylation sites is 1. The molecule has 6 heteroatoms. The number of H-pyrrole nitrogens is 1. The van der Waals surface area contributed by atoms with Crippen molar-refractivity contribution in [1.82, 2.24) is 9.97 Å². The molecule has 116 valence electrons. The van der Waals surface area contributed by atoms with Gasteiger partial charge < -0.3 is 9.72 Å². The van der Waals surface area contributed by atoms with Gasteiger partial charge in [-0.3, -0.25) is 4.79 Å². The van der Waals surface area contributed by atoms with Gasteiger partial charge in [0.15, 0.2) is 5.69 Å². The average Bonchev–Trinajstić information content (AvgIpc) is 2.56. The first-order valence-electron chi connectivity index (χ1n) is 6.84. The van der Waals surface area contributed by atoms with Crippen LogP contribution in [0.2, 0.25) is 0 Å². The Kier molecular flexibility index (Phi) is 3.89. The van der Waals surface area contributed by atoms with Crippen LogP contribution in [0.25, 0.3) is 11.4 Å². The number of aromatic nitrogens is 2. The Labute approximate surface area is 130 Å². The van der Waals surface area contributed by atoms with Crippen molar-refractivity contribution in [2.75, 3.05) is 0 Å². The van der Waals surface area contributed by atoms with E-state index in [0.717, 1.165) is 6.07 Å². The van der Waals surface area contributed by atoms with Crippen LogP contribution in [-0.2, 0) is 6.11 Å². The number of hydrogen-bond donors (Lipinski definition) is 1. The molecule has 0 aliphatic heterocycles. The number of benzene rings is 2. The van der Waals surface area contributed by atoms with Crippen molar-refractivity contribution in [2.45, 2.75) is 6.11 Å². The Morgan fingerprint density at radius 1 is 0.957 bits per heavy atom. The molecule has 0 amide bonds. The smallest absolute Gasteiger partial charge is 0.428 e. The van der Waals surface area contributed by atoms with Crippen LogP contribution >= 0.6 is 0 Å². The standard InChI is InChI=1S/C17H12F2N2O2/c18-17(19,23-13-9-5-2-6-10-13)14-11-15(22)21-16(20-14)12-7-3-1-4-8-12/h1-11H,(H,20,21,22). The van der Waals surface area contributed by atoms with Crippen molar-refractivity contribution in [3.63, 3.8) is 0 Å². The van der Waals surface area contributed by atoms with Gasteiger partial charge in [0.2, 0.25) is 0 Å². The maximum absolute atomic E-state index is 14.3. The highest BCUT2D eigenvalue weighted by molar-refractivity contribution is 5.54. The zero-order chi connectivity index (χ0) is 16.3. The molecule has 3 aromatic rings. The lowest BCUT2D eigenvalue weighted by atomic mass is 10.2. The summed E-state index contributed by atoms with van der Waals surface area (Å²) in [4.78, 5) is 18.0. The van der Waals surface area contributed by atoms with Crippen LogP contribution in [0.4, 0.5) is 8.78 Å². The third-order valence-electron chi connectivity index (χ3n) is 3.08. The zero-order valence-corrected chi connectivity index (χ0v) is 11.9. The van der Waals surface area contributed by atoms with Gasteiger partial charge in [0.05, 0.1) is 0 Å². The lowest BCUT2D eigenvalue weighted by Crippen LogP contribution is -2.26. The molecule has 0 atom stereocenters. The van der Waals surface area contributed by atoms with Gasteiger partial charge in [-0.25, -0.2) is 4.98 Å². The molecule has 4 nitrogen and oxygen atoms in total. The number of rotatable bonds is 4. The van der Waals surface area contributed by atoms with Gasteiger partial charge in [-0.05, 0) is 12.1 Å². The van der Waals surface area contributed by atoms with E-state index in [1.807, 2.05) is 0 Å². The fourth-order valence-electron chi connectivity index (χ4n) is 2.03. The topological polar surface area (TPSA) is 55.0 Å². The number of nitrogens with one attached hydrogen (secondary N) is 1. The third-order valence-corrected chi connectivity index (χ3v) is 3.08. The van der Waals surface area contributed by atoms with Crippen LogP contribution in [0.3, 0.4) is 0 Å². The lowest BCUT2D eigenvalue weighted by Gasteiger charge is -2.17. The van der Waals surface area contributed by atoms with E-state index in [9.17, 15) is 13.6 Å². The summed E-state index contributed by atoms with van der Waals surface area (Å²) in [5.74, 6) is 0.0466. The van der Waals surface area contributed by atoms with Crippen LogP contribution in [0.15, 0.2) is 71.5 Å². The Bertz CT molecular complexity index is 849. The Morgan fingerprint density at radius 2 is 1.57 bits per heavy atom. The zero-order valence-electron chi connectivity index (χ0n) is 11.9. The van der Waals surface area contributed by atoms with Crippen molar-refractivity contribution in [2.24, 2.45) is 0 Å². The second-order valence-electron chi connectivity index (χ2n) is 4.78. The normalized spacial score (nSPS) is 11.2. The van der Waals surface area contributed by atoms with E-state index in [1.54, 1.807) is 48.5 Å². The highest BCUT2D eigenvalue weighted by atomic mass is 19.3. The quantitative estimate of drug-likeness (QED) is 0.801. The molecule has 0 bridgehead atoms. The van der Waals surface area contributed by atoms with E-state index < -0.39 is 17.4 Å². The van der Waals surface area contributed by atoms with Gasteiger partial charge in [0.25, 0.3) is 5.56 Å². The average molecular weight is 314 g/mol. The summed E-state index contributed by atoms with van der Waals surface area (Å²) in [6.07, 6.45) is -3.72. The predicted octanol–water partition coefficient (Wildman–Crippen LogP) is 3.57. The molecule has 0 saturated carbocycles. The molecule has 0 radical (unpaired) electrons. The van der Waals surface area contributed by atoms with Gasteiger partial charge >= 0.3 is 6.11 Å². The fraction of sp³-hybridized carbons (Fsp3) is 0.0588. The summed E-state index contributed by atoms with van der Waals surface area (Å²) in [5, 5.41) is 0. The number of ether oxygens (including phenoxy) is 1. The Balaban J connectivity index is 1.99. The molecule has 0 unspecified atom stereocenters. The molecule has 1 heterocycles. The van der Waals surface area contributed by atoms with E-state index in [2.05, 4.69) is 14.7 Å². The number of alkyl halides is 2. The van der Waals surface area contributed by atoms with Gasteiger partial charge in [-0.1, -0.05) is 48.5 Å². The minimum absolute atomic E-state index is 0.0131. The van der Waals surface area contributed by atoms with Crippen LogP contribution < -0.4 is 10.3 Å². The van der Waals surface area contributed by atoms with Crippen LogP contribution in [0, 0.1) is 0 Å². The van der Waals surface area contributed by atoms with Crippen molar-refractivity contribution in [3.8, 4) is 17.1 Å². The maximum atomic E-state index is 14.3.